The summed E-state index contributed by atoms with van der Waals surface area (Å²) in [5.74, 6) is -0.118. The minimum atomic E-state index is -0.861. The number of amides is 1. The standard InChI is InChI=1S/C53H103NO5/c1-3-5-7-9-11-13-15-17-18-19-20-21-22-23-24-25-26-29-33-37-41-45-51(56)50(49-55)54-52(57)46-42-38-34-30-28-32-36-40-44-48-59-53(58)47-43-39-35-31-27-16-14-12-10-8-6-4-2/h41,45,50-51,55-56H,3-40,42-44,46-49H2,1-2H3,(H,54,57)/b45-41+. The molecule has 0 aromatic carbocycles. The Labute approximate surface area is 368 Å². The Morgan fingerprint density at radius 1 is 0.458 bits per heavy atom. The van der Waals surface area contributed by atoms with Crippen molar-refractivity contribution in [2.45, 2.75) is 302 Å². The summed E-state index contributed by atoms with van der Waals surface area (Å²) in [6.07, 6.45) is 56.4. The molecule has 59 heavy (non-hydrogen) atoms. The van der Waals surface area contributed by atoms with Gasteiger partial charge < -0.3 is 20.3 Å². The third-order valence-corrected chi connectivity index (χ3v) is 12.3. The summed E-state index contributed by atoms with van der Waals surface area (Å²) in [6.45, 7) is 4.85. The van der Waals surface area contributed by atoms with Crippen LogP contribution in [-0.4, -0.2) is 47.4 Å². The Morgan fingerprint density at radius 3 is 1.15 bits per heavy atom. The SMILES string of the molecule is CCCCCCCCCCCCCCCCCCCCC/C=C/C(O)C(CO)NC(=O)CCCCCCCCCCCOC(=O)CCCCCCCCCCCCCC. The number of unbranched alkanes of at least 4 members (excludes halogenated alkanes) is 38. The predicted molar refractivity (Wildman–Crippen MR) is 255 cm³/mol. The number of hydrogen-bond acceptors (Lipinski definition) is 5. The van der Waals surface area contributed by atoms with E-state index in [-0.39, 0.29) is 18.5 Å². The number of allylic oxidation sites excluding steroid dienone is 1. The van der Waals surface area contributed by atoms with Crippen LogP contribution in [0.1, 0.15) is 290 Å². The second kappa shape index (κ2) is 49.3. The molecule has 6 nitrogen and oxygen atoms in total. The van der Waals surface area contributed by atoms with Crippen LogP contribution in [0, 0.1) is 0 Å². The molecule has 0 saturated heterocycles. The fraction of sp³-hybridized carbons (Fsp3) is 0.925. The minimum Gasteiger partial charge on any atom is -0.466 e. The van der Waals surface area contributed by atoms with Crippen LogP contribution in [0.2, 0.25) is 0 Å². The van der Waals surface area contributed by atoms with Crippen LogP contribution >= 0.6 is 0 Å². The zero-order valence-corrected chi connectivity index (χ0v) is 39.7. The van der Waals surface area contributed by atoms with Gasteiger partial charge in [-0.05, 0) is 32.1 Å². The molecular formula is C53H103NO5. The quantitative estimate of drug-likeness (QED) is 0.0322. The van der Waals surface area contributed by atoms with Gasteiger partial charge in [0.1, 0.15) is 0 Å². The molecule has 0 aliphatic carbocycles. The number of aliphatic hydroxyl groups is 2. The molecule has 2 unspecified atom stereocenters. The summed E-state index contributed by atoms with van der Waals surface area (Å²) in [7, 11) is 0. The maximum Gasteiger partial charge on any atom is 0.305 e. The highest BCUT2D eigenvalue weighted by molar-refractivity contribution is 5.76. The molecule has 0 spiro atoms. The molecule has 0 rings (SSSR count). The van der Waals surface area contributed by atoms with E-state index < -0.39 is 12.1 Å². The fourth-order valence-corrected chi connectivity index (χ4v) is 8.22. The number of carbonyl (C=O) groups excluding carboxylic acids is 2. The highest BCUT2D eigenvalue weighted by atomic mass is 16.5. The van der Waals surface area contributed by atoms with Crippen molar-refractivity contribution in [1.82, 2.24) is 5.32 Å². The van der Waals surface area contributed by atoms with Crippen LogP contribution in [0.3, 0.4) is 0 Å². The van der Waals surface area contributed by atoms with Gasteiger partial charge in [0, 0.05) is 12.8 Å². The summed E-state index contributed by atoms with van der Waals surface area (Å²) in [5, 5.41) is 23.1. The third kappa shape index (κ3) is 45.9. The van der Waals surface area contributed by atoms with Crippen LogP contribution in [0.15, 0.2) is 12.2 Å². The van der Waals surface area contributed by atoms with Gasteiger partial charge >= 0.3 is 5.97 Å². The first-order valence-corrected chi connectivity index (χ1v) is 26.5. The number of nitrogens with one attached hydrogen (secondary N) is 1. The van der Waals surface area contributed by atoms with Crippen molar-refractivity contribution in [3.05, 3.63) is 12.2 Å². The zero-order chi connectivity index (χ0) is 43.0. The highest BCUT2D eigenvalue weighted by Crippen LogP contribution is 2.17. The molecule has 1 amide bonds. The first kappa shape index (κ1) is 57.6. The molecule has 0 aliphatic rings. The van der Waals surface area contributed by atoms with Crippen LogP contribution in [0.25, 0.3) is 0 Å². The maximum absolute atomic E-state index is 12.4. The number of ether oxygens (including phenoxy) is 1. The van der Waals surface area contributed by atoms with E-state index in [0.29, 0.717) is 19.4 Å². The van der Waals surface area contributed by atoms with Gasteiger partial charge in [0.05, 0.1) is 25.4 Å². The molecule has 0 aromatic heterocycles. The van der Waals surface area contributed by atoms with E-state index in [1.165, 1.54) is 205 Å². The van der Waals surface area contributed by atoms with Crippen LogP contribution in [0.4, 0.5) is 0 Å². The normalized spacial score (nSPS) is 12.7. The van der Waals surface area contributed by atoms with Crippen molar-refractivity contribution < 1.29 is 24.5 Å². The van der Waals surface area contributed by atoms with Gasteiger partial charge in [-0.1, -0.05) is 257 Å². The molecule has 0 heterocycles. The topological polar surface area (TPSA) is 95.9 Å². The van der Waals surface area contributed by atoms with E-state index in [0.717, 1.165) is 57.8 Å². The van der Waals surface area contributed by atoms with Gasteiger partial charge in [0.25, 0.3) is 0 Å². The van der Waals surface area contributed by atoms with Crippen molar-refractivity contribution in [3.8, 4) is 0 Å². The van der Waals surface area contributed by atoms with E-state index in [4.69, 9.17) is 4.74 Å². The van der Waals surface area contributed by atoms with Crippen molar-refractivity contribution in [2.24, 2.45) is 0 Å². The molecule has 2 atom stereocenters. The molecule has 6 heteroatoms. The van der Waals surface area contributed by atoms with Crippen molar-refractivity contribution in [3.63, 3.8) is 0 Å². The highest BCUT2D eigenvalue weighted by Gasteiger charge is 2.18. The van der Waals surface area contributed by atoms with Crippen LogP contribution < -0.4 is 5.32 Å². The summed E-state index contributed by atoms with van der Waals surface area (Å²) >= 11 is 0. The molecular weight excluding hydrogens is 731 g/mol. The van der Waals surface area contributed by atoms with E-state index in [1.807, 2.05) is 6.08 Å². The zero-order valence-electron chi connectivity index (χ0n) is 39.7. The van der Waals surface area contributed by atoms with Gasteiger partial charge in [-0.3, -0.25) is 9.59 Å². The number of rotatable bonds is 49. The lowest BCUT2D eigenvalue weighted by molar-refractivity contribution is -0.143. The molecule has 0 fully saturated rings. The summed E-state index contributed by atoms with van der Waals surface area (Å²) in [6, 6.07) is -0.647. The van der Waals surface area contributed by atoms with Crippen LogP contribution in [0.5, 0.6) is 0 Å². The predicted octanol–water partition coefficient (Wildman–Crippen LogP) is 15.7. The summed E-state index contributed by atoms with van der Waals surface area (Å²) in [5.41, 5.74) is 0. The smallest absolute Gasteiger partial charge is 0.305 e. The maximum atomic E-state index is 12.4. The van der Waals surface area contributed by atoms with E-state index in [1.54, 1.807) is 6.08 Å². The Kier molecular flexibility index (Phi) is 48.1. The molecule has 0 radical (unpaired) electrons. The summed E-state index contributed by atoms with van der Waals surface area (Å²) < 4.78 is 5.44. The average Bonchev–Trinajstić information content (AvgIpc) is 3.24. The molecule has 0 bridgehead atoms. The Morgan fingerprint density at radius 2 is 0.780 bits per heavy atom. The monoisotopic (exact) mass is 834 g/mol. The second-order valence-corrected chi connectivity index (χ2v) is 18.2. The van der Waals surface area contributed by atoms with Crippen molar-refractivity contribution in [2.75, 3.05) is 13.2 Å². The number of aliphatic hydroxyl groups excluding tert-OH is 2. The minimum absolute atomic E-state index is 0.0260. The van der Waals surface area contributed by atoms with E-state index >= 15 is 0 Å². The van der Waals surface area contributed by atoms with Gasteiger partial charge in [-0.2, -0.15) is 0 Å². The molecule has 0 aliphatic heterocycles. The fourth-order valence-electron chi connectivity index (χ4n) is 8.22. The van der Waals surface area contributed by atoms with E-state index in [2.05, 4.69) is 19.2 Å². The Bertz CT molecular complexity index is 878. The molecule has 0 saturated carbocycles. The Balaban J connectivity index is 3.52. The van der Waals surface area contributed by atoms with Gasteiger partial charge in [0.15, 0.2) is 0 Å². The molecule has 3 N–H and O–H groups in total. The third-order valence-electron chi connectivity index (χ3n) is 12.3. The summed E-state index contributed by atoms with van der Waals surface area (Å²) in [4.78, 5) is 24.4. The van der Waals surface area contributed by atoms with Crippen molar-refractivity contribution >= 4 is 11.9 Å². The van der Waals surface area contributed by atoms with Gasteiger partial charge in [0.2, 0.25) is 5.91 Å². The molecule has 350 valence electrons. The van der Waals surface area contributed by atoms with Crippen LogP contribution in [-0.2, 0) is 14.3 Å². The van der Waals surface area contributed by atoms with E-state index in [9.17, 15) is 19.8 Å². The number of esters is 1. The number of hydrogen-bond donors (Lipinski definition) is 3. The average molecular weight is 834 g/mol. The first-order valence-electron chi connectivity index (χ1n) is 26.5. The Hall–Kier alpha value is -1.40. The lowest BCUT2D eigenvalue weighted by Gasteiger charge is -2.20. The van der Waals surface area contributed by atoms with Gasteiger partial charge in [-0.25, -0.2) is 0 Å². The largest absolute Gasteiger partial charge is 0.466 e. The number of carbonyl (C=O) groups is 2. The second-order valence-electron chi connectivity index (χ2n) is 18.2. The lowest BCUT2D eigenvalue weighted by Crippen LogP contribution is -2.45. The first-order chi connectivity index (χ1) is 29.0. The van der Waals surface area contributed by atoms with Gasteiger partial charge in [-0.15, -0.1) is 0 Å². The van der Waals surface area contributed by atoms with Crippen molar-refractivity contribution in [1.29, 1.82) is 0 Å². The lowest BCUT2D eigenvalue weighted by atomic mass is 10.0. The molecule has 0 aromatic rings.